The summed E-state index contributed by atoms with van der Waals surface area (Å²) in [6, 6.07) is 7.04. The van der Waals surface area contributed by atoms with Gasteiger partial charge < -0.3 is 34.8 Å². The lowest BCUT2D eigenvalue weighted by Gasteiger charge is -2.26. The highest BCUT2D eigenvalue weighted by Crippen LogP contribution is 2.57. The highest BCUT2D eigenvalue weighted by molar-refractivity contribution is 6.02. The summed E-state index contributed by atoms with van der Waals surface area (Å²) in [4.78, 5) is 45.1. The van der Waals surface area contributed by atoms with Crippen molar-refractivity contribution in [2.45, 2.75) is 45.1 Å². The molecule has 1 aliphatic carbocycles. The number of aryl methyl sites for hydroxylation is 1. The molecule has 1 saturated carbocycles. The maximum atomic E-state index is 13.3. The molecule has 0 bridgehead atoms. The van der Waals surface area contributed by atoms with Gasteiger partial charge in [0.15, 0.2) is 5.82 Å². The van der Waals surface area contributed by atoms with Gasteiger partial charge >= 0.3 is 5.97 Å². The van der Waals surface area contributed by atoms with Crippen molar-refractivity contribution in [3.8, 4) is 5.75 Å². The minimum atomic E-state index is -2.53. The van der Waals surface area contributed by atoms with E-state index in [0.717, 1.165) is 36.0 Å². The first-order chi connectivity index (χ1) is 22.7. The molecule has 1 amide bonds. The van der Waals surface area contributed by atoms with E-state index in [2.05, 4.69) is 22.2 Å². The van der Waals surface area contributed by atoms with Crippen molar-refractivity contribution in [1.82, 2.24) is 19.9 Å². The summed E-state index contributed by atoms with van der Waals surface area (Å²) in [7, 11) is 5.14. The Hall–Kier alpha value is -4.71. The molecule has 0 saturated heterocycles. The van der Waals surface area contributed by atoms with Gasteiger partial charge in [-0.05, 0) is 72.0 Å². The quantitative estimate of drug-likeness (QED) is 0.215. The number of nitrogens with one attached hydrogen (secondary N) is 2. The number of hydrogen-bond acceptors (Lipinski definition) is 11. The van der Waals surface area contributed by atoms with E-state index in [1.54, 1.807) is 26.0 Å². The Morgan fingerprint density at radius 3 is 2.62 bits per heavy atom. The first kappa shape index (κ1) is 27.8. The Labute approximate surface area is 268 Å². The molecule has 45 heavy (non-hydrogen) atoms. The van der Waals surface area contributed by atoms with E-state index in [1.807, 2.05) is 43.0 Å². The Bertz CT molecular complexity index is 1730. The molecule has 2 aromatic heterocycles. The molecule has 0 radical (unpaired) electrons. The van der Waals surface area contributed by atoms with Gasteiger partial charge in [0.25, 0.3) is 0 Å². The topological polar surface area (TPSA) is 125 Å². The zero-order chi connectivity index (χ0) is 35.0. The first-order valence-electron chi connectivity index (χ1n) is 16.3. The molecular formula is C33H42N8O4. The number of benzene rings is 1. The van der Waals surface area contributed by atoms with Gasteiger partial charge in [-0.2, -0.15) is 4.98 Å². The van der Waals surface area contributed by atoms with Gasteiger partial charge in [0.1, 0.15) is 11.3 Å². The molecule has 3 aromatic rings. The van der Waals surface area contributed by atoms with Gasteiger partial charge in [-0.25, -0.2) is 9.78 Å². The van der Waals surface area contributed by atoms with E-state index < -0.39 is 18.9 Å². The number of aromatic nitrogens is 3. The van der Waals surface area contributed by atoms with E-state index in [9.17, 15) is 9.59 Å². The SMILES string of the molecule is [2H]C([2H])([2H])N(CCN(C)C)c1cc(OC)c(Nc2ncc(C(=O)OC(C)C)c(N3CC4(CC4)c4nc(C)ccc43)n2)cc1NC(=O)C=C. The summed E-state index contributed by atoms with van der Waals surface area (Å²) in [6.07, 6.45) is 4.14. The molecule has 12 nitrogen and oxygen atoms in total. The van der Waals surface area contributed by atoms with Crippen LogP contribution in [0.5, 0.6) is 5.75 Å². The molecule has 1 aromatic carbocycles. The molecule has 0 atom stereocenters. The molecule has 12 heteroatoms. The minimum absolute atomic E-state index is 0.0995. The molecule has 5 rings (SSSR count). The second-order valence-electron chi connectivity index (χ2n) is 11.9. The standard InChI is InChI=1S/C33H42N8O4/c1-9-28(42)36-23-16-24(27(44-8)17-26(23)40(7)15-14-39(5)6)37-32-34-18-22(31(43)45-20(2)3)30(38-32)41-19-33(12-13-33)29-25(41)11-10-21(4)35-29/h9-11,16-18,20H,1,12-15,19H2,2-8H3,(H,36,42)(H,34,37,38)/i7D3. The van der Waals surface area contributed by atoms with Crippen molar-refractivity contribution in [2.24, 2.45) is 0 Å². The molecule has 1 fully saturated rings. The number of amides is 1. The third-order valence-electron chi connectivity index (χ3n) is 7.78. The average Bonchev–Trinajstić information content (AvgIpc) is 3.73. The van der Waals surface area contributed by atoms with Crippen LogP contribution in [0.2, 0.25) is 0 Å². The summed E-state index contributed by atoms with van der Waals surface area (Å²) in [5, 5.41) is 5.90. The second kappa shape index (κ2) is 12.7. The summed E-state index contributed by atoms with van der Waals surface area (Å²) in [6.45, 7) is 7.70. The van der Waals surface area contributed by atoms with Crippen molar-refractivity contribution < 1.29 is 23.2 Å². The second-order valence-corrected chi connectivity index (χ2v) is 11.9. The van der Waals surface area contributed by atoms with Crippen LogP contribution >= 0.6 is 0 Å². The van der Waals surface area contributed by atoms with E-state index in [-0.39, 0.29) is 46.7 Å². The molecule has 2 N–H and O–H groups in total. The lowest BCUT2D eigenvalue weighted by Crippen LogP contribution is -2.29. The number of fused-ring (bicyclic) bond motifs is 2. The van der Waals surface area contributed by atoms with Gasteiger partial charge in [0, 0.05) is 54.1 Å². The fourth-order valence-corrected chi connectivity index (χ4v) is 5.30. The number of likely N-dealkylation sites (N-methyl/N-ethyl adjacent to an activating group) is 2. The van der Waals surface area contributed by atoms with Gasteiger partial charge in [-0.1, -0.05) is 6.58 Å². The van der Waals surface area contributed by atoms with E-state index in [4.69, 9.17) is 23.6 Å². The molecule has 2 aliphatic rings. The number of anilines is 6. The predicted octanol–water partition coefficient (Wildman–Crippen LogP) is 4.80. The number of esters is 1. The predicted molar refractivity (Wildman–Crippen MR) is 176 cm³/mol. The number of hydrogen-bond donors (Lipinski definition) is 2. The van der Waals surface area contributed by atoms with Crippen LogP contribution in [0.3, 0.4) is 0 Å². The third-order valence-corrected chi connectivity index (χ3v) is 7.78. The number of pyridine rings is 1. The summed E-state index contributed by atoms with van der Waals surface area (Å²) in [5.74, 6) is -0.303. The molecule has 1 aliphatic heterocycles. The van der Waals surface area contributed by atoms with Crippen LogP contribution in [0.15, 0.2) is 43.1 Å². The number of rotatable bonds is 12. The summed E-state index contributed by atoms with van der Waals surface area (Å²) in [5.41, 5.74) is 3.67. The van der Waals surface area contributed by atoms with Crippen LogP contribution < -0.4 is 25.2 Å². The Morgan fingerprint density at radius 2 is 1.98 bits per heavy atom. The lowest BCUT2D eigenvalue weighted by atomic mass is 10.0. The molecule has 3 heterocycles. The number of ether oxygens (including phenoxy) is 2. The van der Waals surface area contributed by atoms with Gasteiger partial charge in [-0.3, -0.25) is 9.78 Å². The van der Waals surface area contributed by atoms with Gasteiger partial charge in [0.2, 0.25) is 11.9 Å². The molecule has 1 spiro atoms. The lowest BCUT2D eigenvalue weighted by molar-refractivity contribution is -0.111. The van der Waals surface area contributed by atoms with Gasteiger partial charge in [-0.15, -0.1) is 0 Å². The van der Waals surface area contributed by atoms with Crippen molar-refractivity contribution in [2.75, 3.05) is 68.2 Å². The number of carbonyl (C=O) groups is 2. The van der Waals surface area contributed by atoms with Crippen molar-refractivity contribution in [3.05, 3.63) is 60.1 Å². The number of nitrogens with zero attached hydrogens (tertiary/aromatic N) is 6. The van der Waals surface area contributed by atoms with E-state index in [1.165, 1.54) is 18.2 Å². The van der Waals surface area contributed by atoms with Crippen molar-refractivity contribution >= 4 is 46.4 Å². The van der Waals surface area contributed by atoms with Crippen LogP contribution in [0, 0.1) is 6.92 Å². The highest BCUT2D eigenvalue weighted by Gasteiger charge is 2.54. The molecular weight excluding hydrogens is 572 g/mol. The first-order valence-corrected chi connectivity index (χ1v) is 14.8. The minimum Gasteiger partial charge on any atom is -0.494 e. The van der Waals surface area contributed by atoms with Crippen LogP contribution in [0.4, 0.5) is 34.5 Å². The maximum absolute atomic E-state index is 13.3. The highest BCUT2D eigenvalue weighted by atomic mass is 16.5. The number of methoxy groups -OCH3 is 1. The fraction of sp³-hybridized carbons (Fsp3) is 0.424. The van der Waals surface area contributed by atoms with Crippen molar-refractivity contribution in [1.29, 1.82) is 0 Å². The molecule has 0 unspecified atom stereocenters. The van der Waals surface area contributed by atoms with E-state index >= 15 is 0 Å². The van der Waals surface area contributed by atoms with Crippen molar-refractivity contribution in [3.63, 3.8) is 0 Å². The maximum Gasteiger partial charge on any atom is 0.343 e. The fourth-order valence-electron chi connectivity index (χ4n) is 5.30. The Balaban J connectivity index is 1.60. The van der Waals surface area contributed by atoms with Crippen LogP contribution in [0.25, 0.3) is 0 Å². The van der Waals surface area contributed by atoms with Crippen LogP contribution in [-0.2, 0) is 14.9 Å². The Morgan fingerprint density at radius 1 is 1.20 bits per heavy atom. The van der Waals surface area contributed by atoms with Gasteiger partial charge in [0.05, 0.1) is 41.7 Å². The molecule has 238 valence electrons. The third kappa shape index (κ3) is 6.70. The van der Waals surface area contributed by atoms with E-state index in [0.29, 0.717) is 24.6 Å². The smallest absolute Gasteiger partial charge is 0.343 e. The Kier molecular flexibility index (Phi) is 7.86. The largest absolute Gasteiger partial charge is 0.494 e. The monoisotopic (exact) mass is 617 g/mol. The summed E-state index contributed by atoms with van der Waals surface area (Å²) >= 11 is 0. The number of carbonyl (C=O) groups excluding carboxylic acids is 2. The normalized spacial score (nSPS) is 15.6. The zero-order valence-corrected chi connectivity index (χ0v) is 26.6. The van der Waals surface area contributed by atoms with Crippen LogP contribution in [0.1, 0.15) is 52.5 Å². The summed E-state index contributed by atoms with van der Waals surface area (Å²) < 4.78 is 36.0. The average molecular weight is 618 g/mol. The zero-order valence-electron chi connectivity index (χ0n) is 29.6. The van der Waals surface area contributed by atoms with Crippen LogP contribution in [-0.4, -0.2) is 85.6 Å².